The van der Waals surface area contributed by atoms with Gasteiger partial charge in [-0.25, -0.2) is 14.6 Å². The molecule has 2 aromatic heterocycles. The van der Waals surface area contributed by atoms with Gasteiger partial charge in [0.25, 0.3) is 5.91 Å². The van der Waals surface area contributed by atoms with E-state index < -0.39 is 0 Å². The van der Waals surface area contributed by atoms with E-state index >= 15 is 0 Å². The smallest absolute Gasteiger partial charge is 0.251 e. The zero-order chi connectivity index (χ0) is 27.5. The highest BCUT2D eigenvalue weighted by atomic mass is 16.5. The Bertz CT molecular complexity index is 1630. The van der Waals surface area contributed by atoms with Crippen molar-refractivity contribution in [2.24, 2.45) is 0 Å². The van der Waals surface area contributed by atoms with Crippen molar-refractivity contribution in [2.75, 3.05) is 31.2 Å². The average Bonchev–Trinajstić information content (AvgIpc) is 3.40. The van der Waals surface area contributed by atoms with Gasteiger partial charge in [-0.15, -0.1) is 5.10 Å². The van der Waals surface area contributed by atoms with Gasteiger partial charge in [0.1, 0.15) is 5.75 Å². The van der Waals surface area contributed by atoms with Gasteiger partial charge in [0.05, 0.1) is 25.8 Å². The van der Waals surface area contributed by atoms with Gasteiger partial charge in [-0.05, 0) is 42.3 Å². The molecule has 1 amide bonds. The molecule has 1 aliphatic heterocycles. The number of phenolic OH excluding ortho intramolecular Hbond substituents is 1. The van der Waals surface area contributed by atoms with Crippen LogP contribution in [0.3, 0.4) is 0 Å². The van der Waals surface area contributed by atoms with Crippen molar-refractivity contribution in [2.45, 2.75) is 19.5 Å². The van der Waals surface area contributed by atoms with E-state index in [4.69, 9.17) is 14.7 Å². The van der Waals surface area contributed by atoms with Crippen molar-refractivity contribution in [3.63, 3.8) is 0 Å². The first kappa shape index (κ1) is 25.4. The third-order valence-corrected chi connectivity index (χ3v) is 6.96. The van der Waals surface area contributed by atoms with Gasteiger partial charge in [0, 0.05) is 24.2 Å². The molecule has 0 aliphatic carbocycles. The van der Waals surface area contributed by atoms with Crippen molar-refractivity contribution >= 4 is 22.9 Å². The Kier molecular flexibility index (Phi) is 7.07. The number of benzene rings is 3. The molecule has 1 fully saturated rings. The van der Waals surface area contributed by atoms with Crippen LogP contribution in [0.25, 0.3) is 22.6 Å². The van der Waals surface area contributed by atoms with E-state index in [1.54, 1.807) is 22.9 Å². The highest BCUT2D eigenvalue weighted by molar-refractivity contribution is 5.94. The Morgan fingerprint density at radius 3 is 2.52 bits per heavy atom. The van der Waals surface area contributed by atoms with Crippen LogP contribution in [0, 0.1) is 0 Å². The maximum Gasteiger partial charge on any atom is 0.251 e. The number of hydrogen-bond donors (Lipinski definition) is 2. The summed E-state index contributed by atoms with van der Waals surface area (Å²) < 4.78 is 7.27. The predicted molar refractivity (Wildman–Crippen MR) is 151 cm³/mol. The van der Waals surface area contributed by atoms with Gasteiger partial charge < -0.3 is 20.1 Å². The Balaban J connectivity index is 1.27. The van der Waals surface area contributed by atoms with Crippen LogP contribution in [0.1, 0.15) is 34.5 Å². The van der Waals surface area contributed by atoms with Crippen LogP contribution in [-0.4, -0.2) is 62.3 Å². The summed E-state index contributed by atoms with van der Waals surface area (Å²) in [5.41, 5.74) is 4.48. The van der Waals surface area contributed by atoms with Crippen molar-refractivity contribution in [1.29, 1.82) is 0 Å². The van der Waals surface area contributed by atoms with Gasteiger partial charge in [0.2, 0.25) is 0 Å². The predicted octanol–water partition coefficient (Wildman–Crippen LogP) is 3.97. The number of fused-ring (bicyclic) bond motifs is 1. The molecule has 6 rings (SSSR count). The number of nitrogens with one attached hydrogen (secondary N) is 1. The molecule has 1 saturated heterocycles. The molecule has 5 aromatic rings. The molecule has 202 valence electrons. The van der Waals surface area contributed by atoms with E-state index in [2.05, 4.69) is 20.5 Å². The minimum Gasteiger partial charge on any atom is -0.508 e. The molecule has 0 radical (unpaired) electrons. The number of amides is 1. The third kappa shape index (κ3) is 5.34. The number of anilines is 1. The Morgan fingerprint density at radius 2 is 1.77 bits per heavy atom. The quantitative estimate of drug-likeness (QED) is 0.321. The van der Waals surface area contributed by atoms with E-state index in [1.165, 1.54) is 0 Å². The van der Waals surface area contributed by atoms with E-state index in [9.17, 15) is 9.90 Å². The number of carbonyl (C=O) groups is 1. The fourth-order valence-electron chi connectivity index (χ4n) is 4.76. The second-order valence-corrected chi connectivity index (χ2v) is 9.74. The molecule has 40 heavy (non-hydrogen) atoms. The minimum absolute atomic E-state index is 0.101. The monoisotopic (exact) mass is 535 g/mol. The van der Waals surface area contributed by atoms with Crippen LogP contribution in [0.2, 0.25) is 0 Å². The lowest BCUT2D eigenvalue weighted by molar-refractivity contribution is 0.0940. The van der Waals surface area contributed by atoms with E-state index in [0.717, 1.165) is 11.1 Å². The standard InChI is InChI=1S/C30H29N7O3/c1-20(22-6-3-2-4-7-22)31-30(39)23-12-10-21(11-13-23)19-37-29-26(34-35-37)28(36-14-16-40-17-15-36)32-27(33-29)24-8-5-9-25(38)18-24/h2-13,18,20,38H,14-17,19H2,1H3,(H,31,39)/t20-/m0/s1. The number of hydrogen-bond acceptors (Lipinski definition) is 8. The fraction of sp³-hybridized carbons (Fsp3) is 0.233. The van der Waals surface area contributed by atoms with Crippen molar-refractivity contribution in [3.8, 4) is 17.1 Å². The Morgan fingerprint density at radius 1 is 1.00 bits per heavy atom. The van der Waals surface area contributed by atoms with Crippen LogP contribution in [0.15, 0.2) is 78.9 Å². The summed E-state index contributed by atoms with van der Waals surface area (Å²) in [6, 6.07) is 24.1. The lowest BCUT2D eigenvalue weighted by Crippen LogP contribution is -2.37. The van der Waals surface area contributed by atoms with Gasteiger partial charge in [-0.3, -0.25) is 4.79 Å². The molecular formula is C30H29N7O3. The number of morpholine rings is 1. The van der Waals surface area contributed by atoms with E-state index in [1.807, 2.05) is 67.6 Å². The molecule has 0 spiro atoms. The Labute approximate surface area is 231 Å². The summed E-state index contributed by atoms with van der Waals surface area (Å²) in [6.45, 7) is 4.96. The maximum absolute atomic E-state index is 12.8. The lowest BCUT2D eigenvalue weighted by atomic mass is 10.1. The summed E-state index contributed by atoms with van der Waals surface area (Å²) in [6.07, 6.45) is 0. The molecule has 3 heterocycles. The normalized spacial score (nSPS) is 14.3. The summed E-state index contributed by atoms with van der Waals surface area (Å²) >= 11 is 0. The van der Waals surface area contributed by atoms with Gasteiger partial charge >= 0.3 is 0 Å². The highest BCUT2D eigenvalue weighted by Crippen LogP contribution is 2.28. The molecule has 3 aromatic carbocycles. The molecule has 1 atom stereocenters. The first-order chi connectivity index (χ1) is 19.5. The summed E-state index contributed by atoms with van der Waals surface area (Å²) in [5, 5.41) is 21.9. The molecule has 10 heteroatoms. The van der Waals surface area contributed by atoms with Crippen molar-refractivity contribution in [1.82, 2.24) is 30.3 Å². The Hall–Kier alpha value is -4.83. The SMILES string of the molecule is C[C@H](NC(=O)c1ccc(Cn2nnc3c(N4CCOCC4)nc(-c4cccc(O)c4)nc32)cc1)c1ccccc1. The van der Waals surface area contributed by atoms with Crippen LogP contribution >= 0.6 is 0 Å². The molecule has 10 nitrogen and oxygen atoms in total. The lowest BCUT2D eigenvalue weighted by Gasteiger charge is -2.28. The molecule has 0 saturated carbocycles. The van der Waals surface area contributed by atoms with Crippen LogP contribution < -0.4 is 10.2 Å². The largest absolute Gasteiger partial charge is 0.508 e. The van der Waals surface area contributed by atoms with E-state index in [0.29, 0.717) is 66.8 Å². The number of nitrogens with zero attached hydrogens (tertiary/aromatic N) is 6. The zero-order valence-corrected chi connectivity index (χ0v) is 22.1. The molecule has 0 unspecified atom stereocenters. The van der Waals surface area contributed by atoms with Gasteiger partial charge in [-0.1, -0.05) is 59.8 Å². The van der Waals surface area contributed by atoms with Gasteiger partial charge in [-0.2, -0.15) is 0 Å². The minimum atomic E-state index is -0.132. The number of ether oxygens (including phenoxy) is 1. The molecule has 1 aliphatic rings. The summed E-state index contributed by atoms with van der Waals surface area (Å²) in [4.78, 5) is 24.6. The molecule has 0 bridgehead atoms. The van der Waals surface area contributed by atoms with Crippen molar-refractivity contribution < 1.29 is 14.6 Å². The van der Waals surface area contributed by atoms with Gasteiger partial charge in [0.15, 0.2) is 22.8 Å². The number of aromatic hydroxyl groups is 1. The van der Waals surface area contributed by atoms with Crippen LogP contribution in [-0.2, 0) is 11.3 Å². The van der Waals surface area contributed by atoms with Crippen LogP contribution in [0.4, 0.5) is 5.82 Å². The van der Waals surface area contributed by atoms with Crippen molar-refractivity contribution in [3.05, 3.63) is 95.6 Å². The second-order valence-electron chi connectivity index (χ2n) is 9.74. The highest BCUT2D eigenvalue weighted by Gasteiger charge is 2.22. The third-order valence-electron chi connectivity index (χ3n) is 6.96. The van der Waals surface area contributed by atoms with E-state index in [-0.39, 0.29) is 17.7 Å². The summed E-state index contributed by atoms with van der Waals surface area (Å²) in [7, 11) is 0. The second kappa shape index (κ2) is 11.1. The topological polar surface area (TPSA) is 118 Å². The zero-order valence-electron chi connectivity index (χ0n) is 22.1. The summed E-state index contributed by atoms with van der Waals surface area (Å²) in [5.74, 6) is 1.18. The number of carbonyl (C=O) groups excluding carboxylic acids is 1. The molecule has 2 N–H and O–H groups in total. The fourth-order valence-corrected chi connectivity index (χ4v) is 4.76. The molecular weight excluding hydrogens is 506 g/mol. The number of rotatable bonds is 7. The van der Waals surface area contributed by atoms with Crippen LogP contribution in [0.5, 0.6) is 5.75 Å². The number of phenols is 1. The number of aromatic nitrogens is 5. The first-order valence-electron chi connectivity index (χ1n) is 13.2. The maximum atomic E-state index is 12.8. The first-order valence-corrected chi connectivity index (χ1v) is 13.2. The average molecular weight is 536 g/mol.